The summed E-state index contributed by atoms with van der Waals surface area (Å²) in [6, 6.07) is 13.9. The van der Waals surface area contributed by atoms with Crippen molar-refractivity contribution in [2.45, 2.75) is 0 Å². The number of phenols is 1. The molecule has 6 heteroatoms. The summed E-state index contributed by atoms with van der Waals surface area (Å²) >= 11 is 1.27. The van der Waals surface area contributed by atoms with Crippen LogP contribution in [-0.2, 0) is 4.79 Å². The lowest BCUT2D eigenvalue weighted by atomic mass is 10.2. The van der Waals surface area contributed by atoms with Gasteiger partial charge >= 0.3 is 0 Å². The molecular formula is C19H16N2O3S. The molecular weight excluding hydrogens is 336 g/mol. The molecule has 0 spiro atoms. The first-order valence-corrected chi connectivity index (χ1v) is 8.38. The number of nitrogens with zero attached hydrogens (tertiary/aromatic N) is 1. The summed E-state index contributed by atoms with van der Waals surface area (Å²) in [4.78, 5) is 17.0. The highest BCUT2D eigenvalue weighted by Crippen LogP contribution is 2.29. The van der Waals surface area contributed by atoms with E-state index in [4.69, 9.17) is 4.74 Å². The van der Waals surface area contributed by atoms with Crippen LogP contribution in [0.3, 0.4) is 0 Å². The Kier molecular flexibility index (Phi) is 5.20. The van der Waals surface area contributed by atoms with Gasteiger partial charge in [0, 0.05) is 0 Å². The first kappa shape index (κ1) is 16.9. The number of ether oxygens (including phenoxy) is 1. The van der Waals surface area contributed by atoms with Crippen molar-refractivity contribution in [3.8, 4) is 11.5 Å². The maximum atomic E-state index is 12.1. The minimum atomic E-state index is -0.194. The molecule has 0 saturated carbocycles. The van der Waals surface area contributed by atoms with E-state index in [1.165, 1.54) is 11.8 Å². The first-order chi connectivity index (χ1) is 12.1. The fourth-order valence-corrected chi connectivity index (χ4v) is 2.97. The van der Waals surface area contributed by atoms with Crippen molar-refractivity contribution in [2.24, 2.45) is 4.99 Å². The molecule has 3 rings (SSSR count). The van der Waals surface area contributed by atoms with E-state index in [9.17, 15) is 9.90 Å². The van der Waals surface area contributed by atoms with Gasteiger partial charge in [0.2, 0.25) is 0 Å². The quantitative estimate of drug-likeness (QED) is 0.633. The number of amidine groups is 1. The topological polar surface area (TPSA) is 70.9 Å². The Morgan fingerprint density at radius 3 is 2.80 bits per heavy atom. The van der Waals surface area contributed by atoms with Crippen LogP contribution in [0.1, 0.15) is 5.56 Å². The van der Waals surface area contributed by atoms with Crippen LogP contribution in [0, 0.1) is 0 Å². The fraction of sp³-hybridized carbons (Fsp3) is 0.0526. The van der Waals surface area contributed by atoms with Crippen molar-refractivity contribution in [1.29, 1.82) is 0 Å². The summed E-state index contributed by atoms with van der Waals surface area (Å²) in [5, 5.41) is 12.5. The van der Waals surface area contributed by atoms with Crippen molar-refractivity contribution < 1.29 is 14.6 Å². The monoisotopic (exact) mass is 352 g/mol. The third-order valence-electron chi connectivity index (χ3n) is 3.25. The van der Waals surface area contributed by atoms with Gasteiger partial charge in [-0.1, -0.05) is 24.8 Å². The molecule has 25 heavy (non-hydrogen) atoms. The molecule has 0 aliphatic carbocycles. The Labute approximate surface area is 149 Å². The molecule has 0 aromatic heterocycles. The van der Waals surface area contributed by atoms with Gasteiger partial charge in [-0.2, -0.15) is 0 Å². The number of phenolic OH excluding ortho intramolecular Hbond substituents is 1. The Bertz CT molecular complexity index is 857. The van der Waals surface area contributed by atoms with Crippen LogP contribution in [0.25, 0.3) is 6.08 Å². The second-order valence-corrected chi connectivity index (χ2v) is 6.20. The number of hydrogen-bond donors (Lipinski definition) is 2. The summed E-state index contributed by atoms with van der Waals surface area (Å²) in [5.41, 5.74) is 1.52. The molecule has 0 bridgehead atoms. The van der Waals surface area contributed by atoms with Gasteiger partial charge in [0.05, 0.1) is 10.6 Å². The average molecular weight is 352 g/mol. The van der Waals surface area contributed by atoms with E-state index >= 15 is 0 Å². The number of hydrogen-bond acceptors (Lipinski definition) is 5. The SMILES string of the molecule is C=CCOc1cccc(/C=C2\SC(=Nc3ccc(O)cc3)NC2=O)c1. The first-order valence-electron chi connectivity index (χ1n) is 7.56. The molecule has 0 unspecified atom stereocenters. The predicted octanol–water partition coefficient (Wildman–Crippen LogP) is 3.85. The van der Waals surface area contributed by atoms with E-state index in [0.29, 0.717) is 22.4 Å². The van der Waals surface area contributed by atoms with E-state index in [2.05, 4.69) is 16.9 Å². The molecule has 0 atom stereocenters. The molecule has 0 radical (unpaired) electrons. The molecule has 1 fully saturated rings. The smallest absolute Gasteiger partial charge is 0.264 e. The Morgan fingerprint density at radius 1 is 1.24 bits per heavy atom. The van der Waals surface area contributed by atoms with E-state index < -0.39 is 0 Å². The minimum absolute atomic E-state index is 0.172. The van der Waals surface area contributed by atoms with E-state index in [0.717, 1.165) is 11.3 Å². The molecule has 1 amide bonds. The van der Waals surface area contributed by atoms with Crippen molar-refractivity contribution in [2.75, 3.05) is 6.61 Å². The average Bonchev–Trinajstić information content (AvgIpc) is 2.94. The Morgan fingerprint density at radius 2 is 2.04 bits per heavy atom. The molecule has 5 nitrogen and oxygen atoms in total. The number of thioether (sulfide) groups is 1. The number of aromatic hydroxyl groups is 1. The van der Waals surface area contributed by atoms with Gasteiger partial charge in [0.1, 0.15) is 18.1 Å². The normalized spacial score (nSPS) is 16.9. The minimum Gasteiger partial charge on any atom is -0.508 e. The van der Waals surface area contributed by atoms with Crippen LogP contribution in [0.4, 0.5) is 5.69 Å². The molecule has 2 aromatic rings. The van der Waals surface area contributed by atoms with Gasteiger partial charge in [0.15, 0.2) is 5.17 Å². The standard InChI is InChI=1S/C19H16N2O3S/c1-2-10-24-16-5-3-4-13(11-16)12-17-18(23)21-19(25-17)20-14-6-8-15(22)9-7-14/h2-9,11-12,22H,1,10H2,(H,20,21,23)/b17-12-. The number of nitrogens with one attached hydrogen (secondary N) is 1. The highest BCUT2D eigenvalue weighted by Gasteiger charge is 2.23. The summed E-state index contributed by atoms with van der Waals surface area (Å²) in [6.45, 7) is 4.05. The highest BCUT2D eigenvalue weighted by atomic mass is 32.2. The molecule has 1 aliphatic rings. The van der Waals surface area contributed by atoms with Gasteiger partial charge in [-0.3, -0.25) is 4.79 Å². The van der Waals surface area contributed by atoms with Crippen molar-refractivity contribution in [1.82, 2.24) is 5.32 Å². The van der Waals surface area contributed by atoms with Gasteiger partial charge in [-0.25, -0.2) is 4.99 Å². The second kappa shape index (κ2) is 7.72. The van der Waals surface area contributed by atoms with Crippen LogP contribution in [-0.4, -0.2) is 22.8 Å². The van der Waals surface area contributed by atoms with Crippen LogP contribution >= 0.6 is 11.8 Å². The number of carbonyl (C=O) groups excluding carboxylic acids is 1. The summed E-state index contributed by atoms with van der Waals surface area (Å²) in [7, 11) is 0. The molecule has 1 aliphatic heterocycles. The van der Waals surface area contributed by atoms with Crippen LogP contribution < -0.4 is 10.1 Å². The number of carbonyl (C=O) groups is 1. The molecule has 1 saturated heterocycles. The van der Waals surface area contributed by atoms with Crippen LogP contribution in [0.15, 0.2) is 71.1 Å². The van der Waals surface area contributed by atoms with Gasteiger partial charge in [0.25, 0.3) is 5.91 Å². The zero-order valence-corrected chi connectivity index (χ0v) is 14.1. The Balaban J connectivity index is 1.77. The number of aliphatic imine (C=N–C) groups is 1. The lowest BCUT2D eigenvalue weighted by Gasteiger charge is -2.03. The molecule has 2 aromatic carbocycles. The molecule has 1 heterocycles. The summed E-state index contributed by atoms with van der Waals surface area (Å²) < 4.78 is 5.50. The maximum Gasteiger partial charge on any atom is 0.264 e. The number of rotatable bonds is 5. The van der Waals surface area contributed by atoms with E-state index in [-0.39, 0.29) is 11.7 Å². The second-order valence-electron chi connectivity index (χ2n) is 5.17. The Hall–Kier alpha value is -2.99. The lowest BCUT2D eigenvalue weighted by molar-refractivity contribution is -0.115. The van der Waals surface area contributed by atoms with Crippen LogP contribution in [0.2, 0.25) is 0 Å². The maximum absolute atomic E-state index is 12.1. The predicted molar refractivity (Wildman–Crippen MR) is 101 cm³/mol. The third kappa shape index (κ3) is 4.51. The zero-order valence-electron chi connectivity index (χ0n) is 13.3. The third-order valence-corrected chi connectivity index (χ3v) is 4.16. The van der Waals surface area contributed by atoms with Gasteiger partial charge < -0.3 is 15.2 Å². The van der Waals surface area contributed by atoms with E-state index in [1.807, 2.05) is 24.3 Å². The van der Waals surface area contributed by atoms with Crippen molar-refractivity contribution in [3.63, 3.8) is 0 Å². The molecule has 2 N–H and O–H groups in total. The largest absolute Gasteiger partial charge is 0.508 e. The lowest BCUT2D eigenvalue weighted by Crippen LogP contribution is -2.19. The van der Waals surface area contributed by atoms with Gasteiger partial charge in [-0.05, 0) is 59.8 Å². The van der Waals surface area contributed by atoms with Gasteiger partial charge in [-0.15, -0.1) is 0 Å². The number of benzene rings is 2. The zero-order chi connectivity index (χ0) is 17.6. The summed E-state index contributed by atoms with van der Waals surface area (Å²) in [5.74, 6) is 0.696. The van der Waals surface area contributed by atoms with Crippen LogP contribution in [0.5, 0.6) is 11.5 Å². The fourth-order valence-electron chi connectivity index (χ4n) is 2.13. The molecule has 126 valence electrons. The van der Waals surface area contributed by atoms with Crippen molar-refractivity contribution >= 4 is 34.6 Å². The highest BCUT2D eigenvalue weighted by molar-refractivity contribution is 8.18. The van der Waals surface area contributed by atoms with E-state index in [1.54, 1.807) is 36.4 Å². The van der Waals surface area contributed by atoms with Crippen molar-refractivity contribution in [3.05, 3.63) is 71.7 Å². The number of amides is 1. The summed E-state index contributed by atoms with van der Waals surface area (Å²) in [6.07, 6.45) is 3.47.